The minimum Gasteiger partial charge on any atom is -0.327 e. The first-order valence-corrected chi connectivity index (χ1v) is 6.64. The van der Waals surface area contributed by atoms with Gasteiger partial charge in [0.15, 0.2) is 11.5 Å². The van der Waals surface area contributed by atoms with Crippen LogP contribution in [-0.2, 0) is 14.1 Å². The summed E-state index contributed by atoms with van der Waals surface area (Å²) in [5.74, 6) is 0.542. The number of allylic oxidation sites excluding steroid dienone is 1. The van der Waals surface area contributed by atoms with Gasteiger partial charge >= 0.3 is 5.69 Å². The minimum atomic E-state index is -0.421. The Kier molecular flexibility index (Phi) is 3.67. The summed E-state index contributed by atoms with van der Waals surface area (Å²) in [5.41, 5.74) is 0.280. The maximum absolute atomic E-state index is 12.3. The van der Waals surface area contributed by atoms with Gasteiger partial charge in [0.2, 0.25) is 0 Å². The summed E-state index contributed by atoms with van der Waals surface area (Å²) in [6.45, 7) is 9.79. The van der Waals surface area contributed by atoms with Gasteiger partial charge in [-0.1, -0.05) is 6.58 Å². The lowest BCUT2D eigenvalue weighted by Crippen LogP contribution is -2.38. The van der Waals surface area contributed by atoms with Crippen molar-refractivity contribution in [2.45, 2.75) is 26.8 Å². The normalized spacial score (nSPS) is 11.1. The van der Waals surface area contributed by atoms with Crippen LogP contribution in [0, 0.1) is 0 Å². The maximum Gasteiger partial charge on any atom is 0.332 e. The Hall–Kier alpha value is -2.44. The van der Waals surface area contributed by atoms with Gasteiger partial charge in [-0.25, -0.2) is 4.79 Å². The number of aromatic nitrogens is 4. The van der Waals surface area contributed by atoms with E-state index in [1.165, 1.54) is 11.6 Å². The molecule has 0 unspecified atom stereocenters. The summed E-state index contributed by atoms with van der Waals surface area (Å²) in [6.07, 6.45) is 0. The van der Waals surface area contributed by atoms with E-state index in [1.807, 2.05) is 25.7 Å². The first kappa shape index (κ1) is 15.0. The molecule has 0 N–H and O–H groups in total. The van der Waals surface area contributed by atoms with Gasteiger partial charge in [-0.2, -0.15) is 0 Å². The van der Waals surface area contributed by atoms with Crippen molar-refractivity contribution in [3.05, 3.63) is 39.2 Å². The van der Waals surface area contributed by atoms with Crippen molar-refractivity contribution in [2.24, 2.45) is 14.1 Å². The van der Waals surface area contributed by atoms with Crippen molar-refractivity contribution in [3.63, 3.8) is 0 Å². The fraction of sp³-hybridized carbons (Fsp3) is 0.429. The molecule has 0 radical (unpaired) electrons. The molecule has 0 bridgehead atoms. The van der Waals surface area contributed by atoms with Gasteiger partial charge < -0.3 is 4.90 Å². The summed E-state index contributed by atoms with van der Waals surface area (Å²) >= 11 is 0. The highest BCUT2D eigenvalue weighted by atomic mass is 16.2. The fourth-order valence-electron chi connectivity index (χ4n) is 2.38. The zero-order chi connectivity index (χ0) is 15.9. The number of anilines is 1. The van der Waals surface area contributed by atoms with E-state index < -0.39 is 5.69 Å². The lowest BCUT2D eigenvalue weighted by molar-refractivity contribution is 0.697. The SMILES string of the molecule is C=C(C)N(c1cc2c(=O)n(C)c(=O)n(C)c2nn1)C(C)C. The number of nitrogens with zero attached hydrogens (tertiary/aromatic N) is 5. The molecule has 7 heteroatoms. The van der Waals surface area contributed by atoms with E-state index in [2.05, 4.69) is 16.8 Å². The number of hydrogen-bond donors (Lipinski definition) is 0. The average Bonchev–Trinajstić information content (AvgIpc) is 2.42. The summed E-state index contributed by atoms with van der Waals surface area (Å²) in [6, 6.07) is 1.78. The van der Waals surface area contributed by atoms with Gasteiger partial charge in [0.05, 0.1) is 5.39 Å². The molecule has 0 amide bonds. The Balaban J connectivity index is 2.81. The second kappa shape index (κ2) is 5.16. The Morgan fingerprint density at radius 1 is 1.24 bits per heavy atom. The second-order valence-corrected chi connectivity index (χ2v) is 5.34. The zero-order valence-corrected chi connectivity index (χ0v) is 12.9. The molecule has 0 fully saturated rings. The Morgan fingerprint density at radius 3 is 2.38 bits per heavy atom. The van der Waals surface area contributed by atoms with Crippen LogP contribution in [0.5, 0.6) is 0 Å². The molecule has 0 atom stereocenters. The van der Waals surface area contributed by atoms with Gasteiger partial charge in [-0.15, -0.1) is 10.2 Å². The van der Waals surface area contributed by atoms with Crippen LogP contribution in [0.15, 0.2) is 27.9 Å². The van der Waals surface area contributed by atoms with Crippen LogP contribution in [0.2, 0.25) is 0 Å². The van der Waals surface area contributed by atoms with Gasteiger partial charge in [-0.3, -0.25) is 13.9 Å². The first-order valence-electron chi connectivity index (χ1n) is 6.64. The van der Waals surface area contributed by atoms with E-state index in [-0.39, 0.29) is 17.2 Å². The molecule has 0 aromatic carbocycles. The Labute approximate surface area is 122 Å². The van der Waals surface area contributed by atoms with Crippen molar-refractivity contribution < 1.29 is 0 Å². The van der Waals surface area contributed by atoms with Crippen molar-refractivity contribution >= 4 is 16.9 Å². The molecule has 0 saturated carbocycles. The van der Waals surface area contributed by atoms with Crippen molar-refractivity contribution in [3.8, 4) is 0 Å². The quantitative estimate of drug-likeness (QED) is 0.834. The first-order chi connectivity index (χ1) is 9.75. The van der Waals surface area contributed by atoms with Crippen LogP contribution in [0.3, 0.4) is 0 Å². The average molecular weight is 289 g/mol. The molecule has 0 saturated heterocycles. The fourth-order valence-corrected chi connectivity index (χ4v) is 2.38. The van der Waals surface area contributed by atoms with Crippen LogP contribution in [-0.4, -0.2) is 25.4 Å². The third-order valence-electron chi connectivity index (χ3n) is 3.36. The van der Waals surface area contributed by atoms with Crippen LogP contribution in [0.1, 0.15) is 20.8 Å². The van der Waals surface area contributed by atoms with E-state index in [0.717, 1.165) is 10.3 Å². The highest BCUT2D eigenvalue weighted by Gasteiger charge is 2.17. The summed E-state index contributed by atoms with van der Waals surface area (Å²) in [5, 5.41) is 8.53. The third kappa shape index (κ3) is 2.35. The molecule has 0 aliphatic heterocycles. The molecule has 0 spiro atoms. The molecule has 7 nitrogen and oxygen atoms in total. The van der Waals surface area contributed by atoms with Crippen molar-refractivity contribution in [2.75, 3.05) is 4.90 Å². The predicted molar refractivity (Wildman–Crippen MR) is 82.4 cm³/mol. The van der Waals surface area contributed by atoms with Crippen molar-refractivity contribution in [1.82, 2.24) is 19.3 Å². The lowest BCUT2D eigenvalue weighted by atomic mass is 10.2. The number of fused-ring (bicyclic) bond motifs is 1. The van der Waals surface area contributed by atoms with E-state index in [9.17, 15) is 9.59 Å². The van der Waals surface area contributed by atoms with Crippen LogP contribution in [0.25, 0.3) is 11.0 Å². The molecule has 0 aliphatic carbocycles. The summed E-state index contributed by atoms with van der Waals surface area (Å²) in [4.78, 5) is 26.0. The lowest BCUT2D eigenvalue weighted by Gasteiger charge is -2.27. The molecular weight excluding hydrogens is 270 g/mol. The summed E-state index contributed by atoms with van der Waals surface area (Å²) in [7, 11) is 3.01. The summed E-state index contributed by atoms with van der Waals surface area (Å²) < 4.78 is 2.38. The molecule has 112 valence electrons. The third-order valence-corrected chi connectivity index (χ3v) is 3.36. The van der Waals surface area contributed by atoms with Crippen LogP contribution >= 0.6 is 0 Å². The van der Waals surface area contributed by atoms with E-state index in [4.69, 9.17) is 0 Å². The molecular formula is C14H19N5O2. The monoisotopic (exact) mass is 289 g/mol. The van der Waals surface area contributed by atoms with Crippen molar-refractivity contribution in [1.29, 1.82) is 0 Å². The number of hydrogen-bond acceptors (Lipinski definition) is 5. The topological polar surface area (TPSA) is 73.0 Å². The number of rotatable bonds is 3. The second-order valence-electron chi connectivity index (χ2n) is 5.34. The van der Waals surface area contributed by atoms with Crippen LogP contribution < -0.4 is 16.1 Å². The van der Waals surface area contributed by atoms with Gasteiger partial charge in [0, 0.05) is 25.8 Å². The Morgan fingerprint density at radius 2 is 1.86 bits per heavy atom. The van der Waals surface area contributed by atoms with Gasteiger partial charge in [-0.05, 0) is 26.8 Å². The molecule has 2 heterocycles. The molecule has 2 rings (SSSR count). The van der Waals surface area contributed by atoms with Crippen LogP contribution in [0.4, 0.5) is 5.82 Å². The van der Waals surface area contributed by atoms with E-state index in [1.54, 1.807) is 13.1 Å². The maximum atomic E-state index is 12.3. The minimum absolute atomic E-state index is 0.130. The molecule has 2 aromatic rings. The highest BCUT2D eigenvalue weighted by molar-refractivity contribution is 5.76. The number of aryl methyl sites for hydroxylation is 1. The predicted octanol–water partition coefficient (Wildman–Crippen LogP) is 0.776. The smallest absolute Gasteiger partial charge is 0.327 e. The van der Waals surface area contributed by atoms with E-state index >= 15 is 0 Å². The standard InChI is InChI=1S/C14H19N5O2/c1-8(2)19(9(3)4)11-7-10-12(16-15-11)17(5)14(21)18(6)13(10)20/h7,9H,1H2,2-6H3. The molecule has 21 heavy (non-hydrogen) atoms. The molecule has 2 aromatic heterocycles. The van der Waals surface area contributed by atoms with Gasteiger partial charge in [0.25, 0.3) is 5.56 Å². The highest BCUT2D eigenvalue weighted by Crippen LogP contribution is 2.20. The Bertz CT molecular complexity index is 832. The largest absolute Gasteiger partial charge is 0.332 e. The molecule has 0 aliphatic rings. The van der Waals surface area contributed by atoms with Gasteiger partial charge in [0.1, 0.15) is 0 Å². The zero-order valence-electron chi connectivity index (χ0n) is 12.9. The van der Waals surface area contributed by atoms with E-state index in [0.29, 0.717) is 11.2 Å².